The van der Waals surface area contributed by atoms with Crippen molar-refractivity contribution in [2.75, 3.05) is 18.1 Å². The standard InChI is InChI=1S/C36H48N8O18S3/c45-16-20(38-35(63)43-22(33(57)58)8-11-28(49)50)6-9-26(47)39-21(32(55)56)7-10-27(48)40-24(15-29(51)52)31(54)41-23(14-19-4-2-1-3-5-19)30(53)42-25(34(59)60)17-65-64-13-12-62-36(61)44-37-18-46/h1-5,16,18,20-25H,6-15,17H2,(H,37,46)(H,39,47)(H,40,48)(H,41,54)(H,42,53)(H,44,61)(H,49,50)(H,51,52)(H,55,56)(H,57,58)(H,59,60)(H2,38,43,63)/t20-,21-,22?,23-,24-,25+/m0/s1. The van der Waals surface area contributed by atoms with Crippen LogP contribution >= 0.6 is 33.8 Å². The van der Waals surface area contributed by atoms with Crippen molar-refractivity contribution in [2.45, 2.75) is 87.6 Å². The van der Waals surface area contributed by atoms with E-state index < -0.39 is 128 Å². The number of amides is 6. The van der Waals surface area contributed by atoms with E-state index in [9.17, 15) is 78.0 Å². The lowest BCUT2D eigenvalue weighted by atomic mass is 10.0. The van der Waals surface area contributed by atoms with Crippen LogP contribution in [0.1, 0.15) is 50.5 Å². The van der Waals surface area contributed by atoms with Gasteiger partial charge in [-0.1, -0.05) is 51.9 Å². The Hall–Kier alpha value is -6.75. The molecule has 1 aromatic rings. The number of hydrazine groups is 1. The normalized spacial score (nSPS) is 13.2. The molecule has 0 aromatic heterocycles. The molecule has 0 saturated heterocycles. The number of aldehydes is 1. The summed E-state index contributed by atoms with van der Waals surface area (Å²) in [5.41, 5.74) is 4.30. The Kier molecular flexibility index (Phi) is 27.0. The van der Waals surface area contributed by atoms with E-state index in [1.807, 2.05) is 10.9 Å². The van der Waals surface area contributed by atoms with E-state index in [1.54, 1.807) is 30.3 Å². The third kappa shape index (κ3) is 25.2. The summed E-state index contributed by atoms with van der Waals surface area (Å²) in [6.07, 6.45) is -4.45. The monoisotopic (exact) mass is 976 g/mol. The summed E-state index contributed by atoms with van der Waals surface area (Å²) in [5, 5.41) is 60.5. The Morgan fingerprint density at radius 1 is 0.631 bits per heavy atom. The first-order valence-electron chi connectivity index (χ1n) is 19.0. The number of ether oxygens (including phenoxy) is 1. The van der Waals surface area contributed by atoms with Crippen molar-refractivity contribution in [2.24, 2.45) is 0 Å². The number of benzene rings is 1. The van der Waals surface area contributed by atoms with Gasteiger partial charge in [-0.2, -0.15) is 0 Å². The van der Waals surface area contributed by atoms with Gasteiger partial charge in [0.15, 0.2) is 5.11 Å². The zero-order valence-electron chi connectivity index (χ0n) is 34.1. The summed E-state index contributed by atoms with van der Waals surface area (Å²) in [4.78, 5) is 144. The Morgan fingerprint density at radius 2 is 1.18 bits per heavy atom. The first kappa shape index (κ1) is 56.3. The molecule has 29 heteroatoms. The van der Waals surface area contributed by atoms with Crippen molar-refractivity contribution in [1.29, 1.82) is 0 Å². The van der Waals surface area contributed by atoms with Crippen molar-refractivity contribution in [3.63, 3.8) is 0 Å². The highest BCUT2D eigenvalue weighted by molar-refractivity contribution is 8.76. The van der Waals surface area contributed by atoms with E-state index in [-0.39, 0.29) is 48.9 Å². The van der Waals surface area contributed by atoms with Gasteiger partial charge >= 0.3 is 35.9 Å². The van der Waals surface area contributed by atoms with Gasteiger partial charge in [0, 0.05) is 37.2 Å². The second-order valence-electron chi connectivity index (χ2n) is 13.2. The summed E-state index contributed by atoms with van der Waals surface area (Å²) in [5.74, 6) is -11.4. The molecule has 0 spiro atoms. The van der Waals surface area contributed by atoms with Crippen LogP contribution in [-0.2, 0) is 63.9 Å². The van der Waals surface area contributed by atoms with Gasteiger partial charge in [0.05, 0.1) is 12.5 Å². The van der Waals surface area contributed by atoms with Gasteiger partial charge in [0.1, 0.15) is 43.1 Å². The number of thiocarbonyl (C=S) groups is 1. The van der Waals surface area contributed by atoms with Crippen LogP contribution in [0, 0.1) is 0 Å². The molecule has 6 amide bonds. The van der Waals surface area contributed by atoms with E-state index in [4.69, 9.17) is 22.1 Å². The van der Waals surface area contributed by atoms with E-state index in [0.29, 0.717) is 11.8 Å². The maximum atomic E-state index is 13.5. The van der Waals surface area contributed by atoms with Gasteiger partial charge in [0.2, 0.25) is 30.0 Å². The number of rotatable bonds is 33. The lowest BCUT2D eigenvalue weighted by Crippen LogP contribution is -2.57. The van der Waals surface area contributed by atoms with Crippen molar-refractivity contribution in [1.82, 2.24) is 42.8 Å². The van der Waals surface area contributed by atoms with Crippen LogP contribution in [0.5, 0.6) is 0 Å². The summed E-state index contributed by atoms with van der Waals surface area (Å²) in [6, 6.07) is -1.03. The van der Waals surface area contributed by atoms with E-state index in [2.05, 4.69) is 31.9 Å². The highest BCUT2D eigenvalue weighted by Crippen LogP contribution is 2.22. The zero-order valence-corrected chi connectivity index (χ0v) is 36.5. The zero-order chi connectivity index (χ0) is 48.9. The maximum absolute atomic E-state index is 13.5. The molecule has 1 aromatic carbocycles. The quantitative estimate of drug-likeness (QED) is 0.0114. The molecule has 0 aliphatic rings. The fraction of sp³-hybridized carbons (Fsp3) is 0.472. The van der Waals surface area contributed by atoms with Gasteiger partial charge in [-0.25, -0.2) is 24.6 Å². The first-order chi connectivity index (χ1) is 30.7. The fourth-order valence-corrected chi connectivity index (χ4v) is 7.33. The molecule has 65 heavy (non-hydrogen) atoms. The molecule has 0 aliphatic carbocycles. The lowest BCUT2D eigenvalue weighted by Gasteiger charge is -2.24. The van der Waals surface area contributed by atoms with Crippen LogP contribution in [0.25, 0.3) is 0 Å². The number of aliphatic carboxylic acids is 5. The number of carbonyl (C=O) groups is 12. The molecule has 26 nitrogen and oxygen atoms in total. The molecule has 0 fully saturated rings. The van der Waals surface area contributed by atoms with Crippen molar-refractivity contribution in [3.05, 3.63) is 35.9 Å². The van der Waals surface area contributed by atoms with Crippen molar-refractivity contribution < 1.29 is 87.8 Å². The molecule has 0 heterocycles. The molecule has 13 N–H and O–H groups in total. The number of carbonyl (C=O) groups excluding carboxylic acids is 7. The number of carboxylic acid groups (broad SMARTS) is 5. The van der Waals surface area contributed by atoms with Crippen LogP contribution in [-0.4, -0.2) is 157 Å². The van der Waals surface area contributed by atoms with E-state index >= 15 is 0 Å². The SMILES string of the molecule is O=CNNC(=O)OCCSSC[C@@H](NC(=O)[C@H](Cc1ccccc1)NC(=O)[C@H](CC(=O)O)NC(=O)CC[C@H](NC(=O)CC[C@@H](C=O)NC(=S)NC(CCC(=O)O)C(=O)O)C(=O)O)C(=O)O. The van der Waals surface area contributed by atoms with Gasteiger partial charge < -0.3 is 67.0 Å². The second kappa shape index (κ2) is 31.2. The highest BCUT2D eigenvalue weighted by atomic mass is 33.1. The van der Waals surface area contributed by atoms with Crippen LogP contribution in [0.15, 0.2) is 30.3 Å². The minimum absolute atomic E-state index is 0.121. The number of hydrogen-bond acceptors (Lipinski definition) is 16. The summed E-state index contributed by atoms with van der Waals surface area (Å²) in [7, 11) is 2.09. The highest BCUT2D eigenvalue weighted by Gasteiger charge is 2.32. The maximum Gasteiger partial charge on any atom is 0.426 e. The predicted molar refractivity (Wildman–Crippen MR) is 229 cm³/mol. The summed E-state index contributed by atoms with van der Waals surface area (Å²) < 4.78 is 4.78. The average molecular weight is 977 g/mol. The van der Waals surface area contributed by atoms with Gasteiger partial charge in [-0.3, -0.25) is 39.0 Å². The number of nitrogens with one attached hydrogen (secondary N) is 8. The summed E-state index contributed by atoms with van der Waals surface area (Å²) in [6.45, 7) is -0.121. The topological polar surface area (TPSA) is 411 Å². The lowest BCUT2D eigenvalue weighted by molar-refractivity contribution is -0.143. The minimum Gasteiger partial charge on any atom is -0.481 e. The molecule has 0 bridgehead atoms. The van der Waals surface area contributed by atoms with Crippen LogP contribution in [0.4, 0.5) is 4.79 Å². The van der Waals surface area contributed by atoms with E-state index in [0.717, 1.165) is 21.6 Å². The molecule has 0 radical (unpaired) electrons. The number of hydrogen-bond donors (Lipinski definition) is 13. The Bertz CT molecular complexity index is 1860. The van der Waals surface area contributed by atoms with Gasteiger partial charge in [0.25, 0.3) is 0 Å². The van der Waals surface area contributed by atoms with Crippen LogP contribution in [0.3, 0.4) is 0 Å². The molecular weight excluding hydrogens is 929 g/mol. The summed E-state index contributed by atoms with van der Waals surface area (Å²) >= 11 is 4.98. The smallest absolute Gasteiger partial charge is 0.426 e. The van der Waals surface area contributed by atoms with Crippen LogP contribution in [0.2, 0.25) is 0 Å². The van der Waals surface area contributed by atoms with Crippen molar-refractivity contribution >= 4 is 111 Å². The second-order valence-corrected chi connectivity index (χ2v) is 16.3. The molecular formula is C36H48N8O18S3. The van der Waals surface area contributed by atoms with E-state index in [1.165, 1.54) is 0 Å². The molecule has 1 unspecified atom stereocenters. The Morgan fingerprint density at radius 3 is 1.75 bits per heavy atom. The van der Waals surface area contributed by atoms with Gasteiger partial charge in [-0.05, 0) is 37.0 Å². The Labute approximate surface area is 382 Å². The average Bonchev–Trinajstić information content (AvgIpc) is 3.24. The van der Waals surface area contributed by atoms with Gasteiger partial charge in [-0.15, -0.1) is 0 Å². The first-order valence-corrected chi connectivity index (χ1v) is 21.9. The predicted octanol–water partition coefficient (Wildman–Crippen LogP) is -2.51. The molecule has 358 valence electrons. The van der Waals surface area contributed by atoms with Crippen LogP contribution < -0.4 is 42.8 Å². The largest absolute Gasteiger partial charge is 0.481 e. The molecule has 6 atom stereocenters. The number of carboxylic acids is 5. The molecule has 0 saturated carbocycles. The molecule has 0 aliphatic heterocycles. The molecule has 1 rings (SSSR count). The Balaban J connectivity index is 2.92. The minimum atomic E-state index is -1.83. The fourth-order valence-electron chi connectivity index (χ4n) is 5.05. The van der Waals surface area contributed by atoms with Crippen molar-refractivity contribution in [3.8, 4) is 0 Å². The third-order valence-electron chi connectivity index (χ3n) is 8.22. The third-order valence-corrected chi connectivity index (χ3v) is 10.8.